The molecule has 3 aromatic rings. The van der Waals surface area contributed by atoms with Crippen molar-refractivity contribution in [1.82, 2.24) is 23.8 Å². The van der Waals surface area contributed by atoms with Crippen molar-refractivity contribution in [3.8, 4) is 17.0 Å². The van der Waals surface area contributed by atoms with E-state index < -0.39 is 16.1 Å². The highest BCUT2D eigenvalue weighted by Gasteiger charge is 2.34. The monoisotopic (exact) mass is 415 g/mol. The van der Waals surface area contributed by atoms with Gasteiger partial charge in [-0.3, -0.25) is 9.97 Å². The first-order chi connectivity index (χ1) is 14.0. The fourth-order valence-electron chi connectivity index (χ4n) is 3.22. The maximum absolute atomic E-state index is 12.9. The van der Waals surface area contributed by atoms with Crippen molar-refractivity contribution in [2.75, 3.05) is 26.8 Å². The molecule has 0 saturated carbocycles. The lowest BCUT2D eigenvalue weighted by Gasteiger charge is -2.31. The van der Waals surface area contributed by atoms with E-state index in [0.29, 0.717) is 11.4 Å². The highest BCUT2D eigenvalue weighted by atomic mass is 32.2. The lowest BCUT2D eigenvalue weighted by Crippen LogP contribution is -2.42. The van der Waals surface area contributed by atoms with Crippen LogP contribution in [0.25, 0.3) is 11.3 Å². The quantitative estimate of drug-likeness (QED) is 0.625. The number of hydrogen-bond acceptors (Lipinski definition) is 7. The summed E-state index contributed by atoms with van der Waals surface area (Å²) in [6.45, 7) is 0.656. The summed E-state index contributed by atoms with van der Waals surface area (Å²) in [6.07, 6.45) is 5.61. The number of ether oxygens (including phenoxy) is 2. The van der Waals surface area contributed by atoms with Crippen LogP contribution < -0.4 is 4.74 Å². The summed E-state index contributed by atoms with van der Waals surface area (Å²) in [7, 11) is -0.375. The molecule has 1 aromatic carbocycles. The highest BCUT2D eigenvalue weighted by molar-refractivity contribution is 7.89. The van der Waals surface area contributed by atoms with Gasteiger partial charge < -0.3 is 14.0 Å². The zero-order valence-electron chi connectivity index (χ0n) is 16.1. The van der Waals surface area contributed by atoms with Crippen molar-refractivity contribution < 1.29 is 17.9 Å². The fourth-order valence-corrected chi connectivity index (χ4v) is 4.61. The van der Waals surface area contributed by atoms with Crippen LogP contribution in [0.3, 0.4) is 0 Å². The second-order valence-electron chi connectivity index (χ2n) is 6.62. The van der Waals surface area contributed by atoms with Crippen LogP contribution >= 0.6 is 0 Å². The van der Waals surface area contributed by atoms with E-state index in [4.69, 9.17) is 9.47 Å². The van der Waals surface area contributed by atoms with Crippen LogP contribution in [0.1, 0.15) is 11.8 Å². The molecule has 152 valence electrons. The van der Waals surface area contributed by atoms with Gasteiger partial charge in [-0.25, -0.2) is 13.4 Å². The number of imidazole rings is 1. The molecule has 1 fully saturated rings. The summed E-state index contributed by atoms with van der Waals surface area (Å²) in [4.78, 5) is 12.9. The predicted octanol–water partition coefficient (Wildman–Crippen LogP) is 1.65. The van der Waals surface area contributed by atoms with E-state index in [1.165, 1.54) is 16.8 Å². The van der Waals surface area contributed by atoms with Crippen molar-refractivity contribution in [3.05, 3.63) is 54.9 Å². The normalized spacial score (nSPS) is 17.9. The van der Waals surface area contributed by atoms with Crippen LogP contribution in [-0.4, -0.2) is 59.0 Å². The number of nitrogens with zero attached hydrogens (tertiary/aromatic N) is 5. The molecule has 0 radical (unpaired) electrons. The first-order valence-corrected chi connectivity index (χ1v) is 10.5. The Morgan fingerprint density at radius 1 is 1.14 bits per heavy atom. The fraction of sp³-hybridized carbons (Fsp3) is 0.316. The standard InChI is InChI=1S/C19H21N5O4S/c1-23-12-17(22-13-23)29(25,26)24-9-10-28-16(11-24)19-18(20-7-8-21-19)14-3-5-15(27-2)6-4-14/h3-8,12-13,16H,9-11H2,1-2H3/t16-/m0/s1. The Labute approximate surface area is 169 Å². The molecule has 10 heteroatoms. The summed E-state index contributed by atoms with van der Waals surface area (Å²) >= 11 is 0. The van der Waals surface area contributed by atoms with E-state index in [1.807, 2.05) is 24.3 Å². The Hall–Kier alpha value is -2.82. The highest BCUT2D eigenvalue weighted by Crippen LogP contribution is 2.31. The molecule has 1 saturated heterocycles. The van der Waals surface area contributed by atoms with Gasteiger partial charge in [0.05, 0.1) is 31.4 Å². The Kier molecular flexibility index (Phi) is 5.31. The predicted molar refractivity (Wildman–Crippen MR) is 105 cm³/mol. The van der Waals surface area contributed by atoms with E-state index in [2.05, 4.69) is 15.0 Å². The molecular weight excluding hydrogens is 394 g/mol. The smallest absolute Gasteiger partial charge is 0.262 e. The summed E-state index contributed by atoms with van der Waals surface area (Å²) in [6, 6.07) is 7.45. The summed E-state index contributed by atoms with van der Waals surface area (Å²) in [5.41, 5.74) is 2.10. The van der Waals surface area contributed by atoms with Gasteiger partial charge in [0.25, 0.3) is 10.0 Å². The molecule has 0 aliphatic carbocycles. The zero-order chi connectivity index (χ0) is 20.4. The number of rotatable bonds is 5. The average Bonchev–Trinajstić information content (AvgIpc) is 3.21. The Balaban J connectivity index is 1.64. The maximum atomic E-state index is 12.9. The zero-order valence-corrected chi connectivity index (χ0v) is 16.9. The number of hydrogen-bond donors (Lipinski definition) is 0. The van der Waals surface area contributed by atoms with E-state index >= 15 is 0 Å². The second-order valence-corrected chi connectivity index (χ2v) is 8.50. The molecule has 1 aliphatic heterocycles. The van der Waals surface area contributed by atoms with Gasteiger partial charge in [0.2, 0.25) is 0 Å². The number of methoxy groups -OCH3 is 1. The van der Waals surface area contributed by atoms with E-state index in [9.17, 15) is 8.42 Å². The lowest BCUT2D eigenvalue weighted by atomic mass is 10.1. The number of aryl methyl sites for hydroxylation is 1. The maximum Gasteiger partial charge on any atom is 0.262 e. The van der Waals surface area contributed by atoms with Crippen molar-refractivity contribution in [2.24, 2.45) is 7.05 Å². The summed E-state index contributed by atoms with van der Waals surface area (Å²) in [5, 5.41) is 0.0233. The van der Waals surface area contributed by atoms with Gasteiger partial charge in [-0.1, -0.05) is 0 Å². The van der Waals surface area contributed by atoms with Gasteiger partial charge in [0.15, 0.2) is 5.03 Å². The minimum Gasteiger partial charge on any atom is -0.497 e. The van der Waals surface area contributed by atoms with Crippen molar-refractivity contribution in [1.29, 1.82) is 0 Å². The van der Waals surface area contributed by atoms with Crippen LogP contribution in [0.4, 0.5) is 0 Å². The minimum atomic E-state index is -3.71. The summed E-state index contributed by atoms with van der Waals surface area (Å²) < 4.78 is 40.0. The molecule has 4 rings (SSSR count). The van der Waals surface area contributed by atoms with Crippen molar-refractivity contribution in [3.63, 3.8) is 0 Å². The molecule has 0 bridgehead atoms. The Bertz CT molecular complexity index is 1100. The van der Waals surface area contributed by atoms with Crippen LogP contribution in [0, 0.1) is 0 Å². The number of sulfonamides is 1. The van der Waals surface area contributed by atoms with Gasteiger partial charge in [0.1, 0.15) is 11.9 Å². The van der Waals surface area contributed by atoms with Gasteiger partial charge in [-0.15, -0.1) is 0 Å². The molecule has 0 amide bonds. The largest absolute Gasteiger partial charge is 0.497 e. The van der Waals surface area contributed by atoms with Crippen LogP contribution in [0.2, 0.25) is 0 Å². The topological polar surface area (TPSA) is 99.4 Å². The third-order valence-electron chi connectivity index (χ3n) is 4.71. The molecule has 29 heavy (non-hydrogen) atoms. The van der Waals surface area contributed by atoms with E-state index in [0.717, 1.165) is 11.3 Å². The minimum absolute atomic E-state index is 0.0233. The first kappa shape index (κ1) is 19.5. The van der Waals surface area contributed by atoms with Gasteiger partial charge >= 0.3 is 0 Å². The second kappa shape index (κ2) is 7.90. The molecule has 2 aromatic heterocycles. The number of benzene rings is 1. The van der Waals surface area contributed by atoms with Gasteiger partial charge in [-0.05, 0) is 24.3 Å². The van der Waals surface area contributed by atoms with Gasteiger partial charge in [0, 0.05) is 44.3 Å². The summed E-state index contributed by atoms with van der Waals surface area (Å²) in [5.74, 6) is 0.737. The van der Waals surface area contributed by atoms with Crippen LogP contribution in [-0.2, 0) is 21.8 Å². The Morgan fingerprint density at radius 2 is 1.90 bits per heavy atom. The lowest BCUT2D eigenvalue weighted by molar-refractivity contribution is -0.00483. The number of aromatic nitrogens is 4. The molecule has 1 aliphatic rings. The van der Waals surface area contributed by atoms with Gasteiger partial charge in [-0.2, -0.15) is 4.31 Å². The first-order valence-electron chi connectivity index (χ1n) is 9.04. The molecule has 1 atom stereocenters. The average molecular weight is 415 g/mol. The molecule has 3 heterocycles. The molecule has 9 nitrogen and oxygen atoms in total. The van der Waals surface area contributed by atoms with Crippen LogP contribution in [0.15, 0.2) is 54.2 Å². The molecule has 0 unspecified atom stereocenters. The van der Waals surface area contributed by atoms with E-state index in [-0.39, 0.29) is 24.7 Å². The number of morpholine rings is 1. The third-order valence-corrected chi connectivity index (χ3v) is 6.46. The molecule has 0 spiro atoms. The van der Waals surface area contributed by atoms with Crippen LogP contribution in [0.5, 0.6) is 5.75 Å². The SMILES string of the molecule is COc1ccc(-c2nccnc2[C@@H]2CN(S(=O)(=O)c3cn(C)cn3)CCO2)cc1. The third kappa shape index (κ3) is 3.86. The Morgan fingerprint density at radius 3 is 2.59 bits per heavy atom. The van der Waals surface area contributed by atoms with Crippen molar-refractivity contribution >= 4 is 10.0 Å². The van der Waals surface area contributed by atoms with E-state index in [1.54, 1.807) is 31.1 Å². The molecule has 0 N–H and O–H groups in total. The molecular formula is C19H21N5O4S. The van der Waals surface area contributed by atoms with Crippen molar-refractivity contribution in [2.45, 2.75) is 11.1 Å².